The molecule has 0 spiro atoms. The summed E-state index contributed by atoms with van der Waals surface area (Å²) in [5.74, 6) is 0.144. The van der Waals surface area contributed by atoms with Crippen LogP contribution in [0.3, 0.4) is 0 Å². The van der Waals surface area contributed by atoms with Gasteiger partial charge in [0.05, 0.1) is 51.1 Å². The Bertz CT molecular complexity index is 1220. The second-order valence-corrected chi connectivity index (χ2v) is 8.87. The van der Waals surface area contributed by atoms with Gasteiger partial charge >= 0.3 is 0 Å². The van der Waals surface area contributed by atoms with E-state index in [1.807, 2.05) is 48.5 Å². The Labute approximate surface area is 221 Å². The summed E-state index contributed by atoms with van der Waals surface area (Å²) in [5, 5.41) is 8.85. The van der Waals surface area contributed by atoms with Crippen molar-refractivity contribution in [2.24, 2.45) is 0 Å². The Hall–Kier alpha value is -3.95. The summed E-state index contributed by atoms with van der Waals surface area (Å²) in [5.41, 5.74) is 1.70. The number of hydrogen-bond donors (Lipinski definition) is 3. The standard InChI is InChI=1S/C29H32FN3O5/c1-36-26-10-5-2-7-21(26)19-37-15-6-16-38-22-13-11-20(12-14-22)28(25-17-31-18-27(34)32-25)33-29(35)23-8-3-4-9-24(23)30/h2-5,7-14,25,28,31H,6,15-19H2,1H3,(H,32,34)(H,33,35)/t25-,28?/m1/s1. The van der Waals surface area contributed by atoms with Gasteiger partial charge in [0.25, 0.3) is 5.91 Å². The summed E-state index contributed by atoms with van der Waals surface area (Å²) in [6, 6.07) is 19.9. The highest BCUT2D eigenvalue weighted by molar-refractivity contribution is 5.94. The SMILES string of the molecule is COc1ccccc1COCCCOc1ccc(C(NC(=O)c2ccccc2F)[C@H]2CNCC(=O)N2)cc1. The van der Waals surface area contributed by atoms with Crippen LogP contribution in [0.15, 0.2) is 72.8 Å². The average Bonchev–Trinajstić information content (AvgIpc) is 2.94. The number of ether oxygens (including phenoxy) is 3. The lowest BCUT2D eigenvalue weighted by molar-refractivity contribution is -0.122. The van der Waals surface area contributed by atoms with Crippen molar-refractivity contribution in [1.29, 1.82) is 0 Å². The predicted octanol–water partition coefficient (Wildman–Crippen LogP) is 3.38. The molecule has 3 aromatic carbocycles. The number of carbonyl (C=O) groups is 2. The molecule has 1 fully saturated rings. The fourth-order valence-corrected chi connectivity index (χ4v) is 4.26. The number of methoxy groups -OCH3 is 1. The molecule has 0 bridgehead atoms. The van der Waals surface area contributed by atoms with Gasteiger partial charge in [-0.1, -0.05) is 42.5 Å². The van der Waals surface area contributed by atoms with Crippen molar-refractivity contribution in [3.63, 3.8) is 0 Å². The minimum Gasteiger partial charge on any atom is -0.496 e. The van der Waals surface area contributed by atoms with Crippen LogP contribution in [0, 0.1) is 5.82 Å². The first-order chi connectivity index (χ1) is 18.5. The molecule has 1 heterocycles. The van der Waals surface area contributed by atoms with Crippen LogP contribution in [-0.2, 0) is 16.1 Å². The van der Waals surface area contributed by atoms with E-state index in [0.29, 0.717) is 38.5 Å². The highest BCUT2D eigenvalue weighted by Gasteiger charge is 2.29. The summed E-state index contributed by atoms with van der Waals surface area (Å²) in [6.45, 7) is 2.14. The third kappa shape index (κ3) is 7.30. The third-order valence-electron chi connectivity index (χ3n) is 6.19. The molecule has 0 saturated carbocycles. The lowest BCUT2D eigenvalue weighted by Gasteiger charge is -2.32. The van der Waals surface area contributed by atoms with Crippen LogP contribution in [0.4, 0.5) is 4.39 Å². The molecule has 2 atom stereocenters. The minimum atomic E-state index is -0.606. The Kier molecular flexibility index (Phi) is 9.66. The first-order valence-corrected chi connectivity index (χ1v) is 12.5. The van der Waals surface area contributed by atoms with E-state index in [9.17, 15) is 14.0 Å². The van der Waals surface area contributed by atoms with E-state index >= 15 is 0 Å². The second-order valence-electron chi connectivity index (χ2n) is 8.87. The summed E-state index contributed by atoms with van der Waals surface area (Å²) in [7, 11) is 1.64. The molecule has 38 heavy (non-hydrogen) atoms. The van der Waals surface area contributed by atoms with Gasteiger partial charge in [0.15, 0.2) is 0 Å². The van der Waals surface area contributed by atoms with Crippen molar-refractivity contribution in [2.75, 3.05) is 33.4 Å². The van der Waals surface area contributed by atoms with Crippen LogP contribution in [0.5, 0.6) is 11.5 Å². The van der Waals surface area contributed by atoms with Gasteiger partial charge < -0.3 is 30.2 Å². The average molecular weight is 522 g/mol. The first kappa shape index (κ1) is 27.1. The number of amides is 2. The van der Waals surface area contributed by atoms with E-state index in [0.717, 1.165) is 16.9 Å². The van der Waals surface area contributed by atoms with Crippen LogP contribution in [0.25, 0.3) is 0 Å². The molecule has 1 aliphatic rings. The van der Waals surface area contributed by atoms with Gasteiger partial charge in [-0.2, -0.15) is 0 Å². The largest absolute Gasteiger partial charge is 0.496 e. The summed E-state index contributed by atoms with van der Waals surface area (Å²) in [6.07, 6.45) is 0.706. The molecule has 4 rings (SSSR count). The third-order valence-corrected chi connectivity index (χ3v) is 6.19. The molecule has 0 radical (unpaired) electrons. The molecule has 1 unspecified atom stereocenters. The number of rotatable bonds is 12. The van der Waals surface area contributed by atoms with E-state index in [2.05, 4.69) is 16.0 Å². The lowest BCUT2D eigenvalue weighted by Crippen LogP contribution is -2.57. The maximum absolute atomic E-state index is 14.2. The van der Waals surface area contributed by atoms with Crippen LogP contribution in [0.1, 0.15) is 33.9 Å². The monoisotopic (exact) mass is 521 g/mol. The topological polar surface area (TPSA) is 97.9 Å². The van der Waals surface area contributed by atoms with Gasteiger partial charge in [0.1, 0.15) is 17.3 Å². The van der Waals surface area contributed by atoms with Gasteiger partial charge in [-0.15, -0.1) is 0 Å². The predicted molar refractivity (Wildman–Crippen MR) is 141 cm³/mol. The van der Waals surface area contributed by atoms with Gasteiger partial charge in [0, 0.05) is 18.5 Å². The molecule has 2 amide bonds. The summed E-state index contributed by atoms with van der Waals surface area (Å²) in [4.78, 5) is 24.9. The summed E-state index contributed by atoms with van der Waals surface area (Å²) >= 11 is 0. The van der Waals surface area contributed by atoms with Crippen molar-refractivity contribution >= 4 is 11.8 Å². The molecule has 3 aromatic rings. The van der Waals surface area contributed by atoms with E-state index in [-0.39, 0.29) is 18.0 Å². The fourth-order valence-electron chi connectivity index (χ4n) is 4.26. The van der Waals surface area contributed by atoms with Crippen molar-refractivity contribution < 1.29 is 28.2 Å². The molecule has 0 aliphatic carbocycles. The van der Waals surface area contributed by atoms with E-state index < -0.39 is 23.8 Å². The number of benzene rings is 3. The zero-order valence-corrected chi connectivity index (χ0v) is 21.2. The van der Waals surface area contributed by atoms with E-state index in [4.69, 9.17) is 14.2 Å². The number of para-hydroxylation sites is 1. The molecule has 3 N–H and O–H groups in total. The van der Waals surface area contributed by atoms with Crippen LogP contribution < -0.4 is 25.4 Å². The fraction of sp³-hybridized carbons (Fsp3) is 0.310. The minimum absolute atomic E-state index is 0.0551. The Balaban J connectivity index is 1.32. The zero-order chi connectivity index (χ0) is 26.7. The Morgan fingerprint density at radius 1 is 1.05 bits per heavy atom. The van der Waals surface area contributed by atoms with Gasteiger partial charge in [-0.25, -0.2) is 4.39 Å². The first-order valence-electron chi connectivity index (χ1n) is 12.5. The Morgan fingerprint density at radius 3 is 2.58 bits per heavy atom. The number of halogens is 1. The molecule has 8 nitrogen and oxygen atoms in total. The highest BCUT2D eigenvalue weighted by Crippen LogP contribution is 2.23. The molecule has 0 aromatic heterocycles. The number of carbonyl (C=O) groups excluding carboxylic acids is 2. The van der Waals surface area contributed by atoms with Gasteiger partial charge in [-0.3, -0.25) is 9.59 Å². The molecule has 1 aliphatic heterocycles. The van der Waals surface area contributed by atoms with Crippen LogP contribution >= 0.6 is 0 Å². The number of nitrogens with one attached hydrogen (secondary N) is 3. The molecular formula is C29H32FN3O5. The zero-order valence-electron chi connectivity index (χ0n) is 21.2. The van der Waals surface area contributed by atoms with Crippen LogP contribution in [0.2, 0.25) is 0 Å². The molecular weight excluding hydrogens is 489 g/mol. The number of piperazine rings is 1. The van der Waals surface area contributed by atoms with E-state index in [1.54, 1.807) is 13.2 Å². The van der Waals surface area contributed by atoms with Crippen molar-refractivity contribution in [3.05, 3.63) is 95.3 Å². The Morgan fingerprint density at radius 2 is 1.82 bits per heavy atom. The second kappa shape index (κ2) is 13.6. The summed E-state index contributed by atoms with van der Waals surface area (Å²) < 4.78 is 31.1. The molecule has 200 valence electrons. The van der Waals surface area contributed by atoms with Crippen LogP contribution in [-0.4, -0.2) is 51.3 Å². The van der Waals surface area contributed by atoms with Crippen molar-refractivity contribution in [2.45, 2.75) is 25.1 Å². The quantitative estimate of drug-likeness (QED) is 0.316. The normalized spacial score (nSPS) is 15.8. The smallest absolute Gasteiger partial charge is 0.254 e. The lowest BCUT2D eigenvalue weighted by atomic mass is 9.97. The van der Waals surface area contributed by atoms with Gasteiger partial charge in [0.2, 0.25) is 5.91 Å². The highest BCUT2D eigenvalue weighted by atomic mass is 19.1. The maximum atomic E-state index is 14.2. The van der Waals surface area contributed by atoms with Gasteiger partial charge in [-0.05, 0) is 35.9 Å². The van der Waals surface area contributed by atoms with E-state index in [1.165, 1.54) is 18.2 Å². The molecule has 1 saturated heterocycles. The maximum Gasteiger partial charge on any atom is 0.254 e. The van der Waals surface area contributed by atoms with Crippen molar-refractivity contribution in [3.8, 4) is 11.5 Å². The molecule has 9 heteroatoms. The van der Waals surface area contributed by atoms with Crippen molar-refractivity contribution in [1.82, 2.24) is 16.0 Å². The number of hydrogen-bond acceptors (Lipinski definition) is 6.